The molecule has 0 unspecified atom stereocenters. The Kier molecular flexibility index (Phi) is 6.99. The first-order valence-corrected chi connectivity index (χ1v) is 11.4. The summed E-state index contributed by atoms with van der Waals surface area (Å²) >= 11 is 0. The van der Waals surface area contributed by atoms with Gasteiger partial charge in [0.2, 0.25) is 10.0 Å². The Morgan fingerprint density at radius 3 is 2.30 bits per heavy atom. The zero-order valence-electron chi connectivity index (χ0n) is 17.5. The standard InChI is InChI=1S/C22H27NO6S/c1-4-28-20-13-16-11-12-23(30(25,26)17-9-7-6-8-10-17)19(15-22(24)27-3)18(16)14-21(20)29-5-2/h6-10,13-14,19H,4-5,11-12,15H2,1-3H3/t19-/m0/s1. The van der Waals surface area contributed by atoms with Crippen LogP contribution < -0.4 is 9.47 Å². The van der Waals surface area contributed by atoms with E-state index in [-0.39, 0.29) is 17.9 Å². The van der Waals surface area contributed by atoms with E-state index in [0.29, 0.717) is 31.1 Å². The number of carbonyl (C=O) groups is 1. The van der Waals surface area contributed by atoms with Crippen molar-refractivity contribution in [2.75, 3.05) is 26.9 Å². The van der Waals surface area contributed by atoms with E-state index in [0.717, 1.165) is 11.1 Å². The van der Waals surface area contributed by atoms with Crippen LogP contribution in [0.2, 0.25) is 0 Å². The summed E-state index contributed by atoms with van der Waals surface area (Å²) in [5.41, 5.74) is 1.67. The van der Waals surface area contributed by atoms with E-state index >= 15 is 0 Å². The summed E-state index contributed by atoms with van der Waals surface area (Å²) in [5.74, 6) is 0.675. The van der Waals surface area contributed by atoms with Gasteiger partial charge in [-0.2, -0.15) is 4.31 Å². The molecule has 1 atom stereocenters. The molecule has 0 amide bonds. The molecule has 0 spiro atoms. The van der Waals surface area contributed by atoms with E-state index in [1.165, 1.54) is 11.4 Å². The molecule has 162 valence electrons. The fourth-order valence-corrected chi connectivity index (χ4v) is 5.32. The van der Waals surface area contributed by atoms with Crippen LogP contribution in [0.25, 0.3) is 0 Å². The second kappa shape index (κ2) is 9.49. The maximum atomic E-state index is 13.4. The van der Waals surface area contributed by atoms with Crippen LogP contribution in [-0.2, 0) is 26.0 Å². The Balaban J connectivity index is 2.10. The van der Waals surface area contributed by atoms with Gasteiger partial charge in [-0.1, -0.05) is 18.2 Å². The Morgan fingerprint density at radius 1 is 1.07 bits per heavy atom. The molecule has 1 aliphatic rings. The van der Waals surface area contributed by atoms with Crippen molar-refractivity contribution in [1.82, 2.24) is 4.31 Å². The molecule has 30 heavy (non-hydrogen) atoms. The van der Waals surface area contributed by atoms with E-state index in [1.807, 2.05) is 19.9 Å². The third-order valence-corrected chi connectivity index (χ3v) is 6.97. The van der Waals surface area contributed by atoms with Gasteiger partial charge in [0.25, 0.3) is 0 Å². The summed E-state index contributed by atoms with van der Waals surface area (Å²) in [4.78, 5) is 12.4. The lowest BCUT2D eigenvalue weighted by Gasteiger charge is -2.36. The van der Waals surface area contributed by atoms with Gasteiger partial charge >= 0.3 is 5.97 Å². The third kappa shape index (κ3) is 4.44. The number of benzene rings is 2. The number of fused-ring (bicyclic) bond motifs is 1. The van der Waals surface area contributed by atoms with Gasteiger partial charge in [-0.25, -0.2) is 8.42 Å². The molecule has 0 saturated heterocycles. The first-order valence-electron chi connectivity index (χ1n) is 9.98. The molecule has 3 rings (SSSR count). The van der Waals surface area contributed by atoms with Gasteiger partial charge in [-0.3, -0.25) is 4.79 Å². The number of nitrogens with zero attached hydrogens (tertiary/aromatic N) is 1. The Bertz CT molecular complexity index is 990. The minimum absolute atomic E-state index is 0.0882. The first-order chi connectivity index (χ1) is 14.4. The number of esters is 1. The third-order valence-electron chi connectivity index (χ3n) is 5.05. The van der Waals surface area contributed by atoms with Crippen LogP contribution in [0.15, 0.2) is 47.4 Å². The smallest absolute Gasteiger partial charge is 0.307 e. The molecule has 0 bridgehead atoms. The number of sulfonamides is 1. The molecule has 0 saturated carbocycles. The van der Waals surface area contributed by atoms with E-state index in [4.69, 9.17) is 14.2 Å². The molecule has 0 aliphatic carbocycles. The Morgan fingerprint density at radius 2 is 1.70 bits per heavy atom. The van der Waals surface area contributed by atoms with Crippen molar-refractivity contribution in [2.24, 2.45) is 0 Å². The van der Waals surface area contributed by atoms with Gasteiger partial charge in [0.05, 0.1) is 37.7 Å². The lowest BCUT2D eigenvalue weighted by molar-refractivity contribution is -0.141. The molecule has 0 fully saturated rings. The number of ether oxygens (including phenoxy) is 3. The van der Waals surface area contributed by atoms with E-state index in [2.05, 4.69) is 0 Å². The van der Waals surface area contributed by atoms with Gasteiger partial charge in [0.15, 0.2) is 11.5 Å². The second-order valence-corrected chi connectivity index (χ2v) is 8.73. The topological polar surface area (TPSA) is 82.1 Å². The lowest BCUT2D eigenvalue weighted by Crippen LogP contribution is -2.41. The second-order valence-electron chi connectivity index (χ2n) is 6.84. The van der Waals surface area contributed by atoms with Crippen molar-refractivity contribution in [3.05, 3.63) is 53.6 Å². The van der Waals surface area contributed by atoms with Crippen molar-refractivity contribution in [1.29, 1.82) is 0 Å². The maximum Gasteiger partial charge on any atom is 0.307 e. The van der Waals surface area contributed by atoms with Crippen LogP contribution >= 0.6 is 0 Å². The molecule has 1 heterocycles. The monoisotopic (exact) mass is 433 g/mol. The van der Waals surface area contributed by atoms with Gasteiger partial charge in [-0.15, -0.1) is 0 Å². The van der Waals surface area contributed by atoms with E-state index in [9.17, 15) is 13.2 Å². The fraction of sp³-hybridized carbons (Fsp3) is 0.409. The van der Waals surface area contributed by atoms with Crippen molar-refractivity contribution in [3.63, 3.8) is 0 Å². The predicted molar refractivity (Wildman–Crippen MR) is 112 cm³/mol. The summed E-state index contributed by atoms with van der Waals surface area (Å²) in [6.45, 7) is 4.94. The molecule has 2 aromatic rings. The van der Waals surface area contributed by atoms with Crippen LogP contribution in [0.1, 0.15) is 37.4 Å². The Labute approximate surface area is 177 Å². The highest BCUT2D eigenvalue weighted by atomic mass is 32.2. The predicted octanol–water partition coefficient (Wildman–Crippen LogP) is 3.34. The number of hydrogen-bond donors (Lipinski definition) is 0. The molecule has 1 aliphatic heterocycles. The van der Waals surface area contributed by atoms with Gasteiger partial charge < -0.3 is 14.2 Å². The molecule has 0 radical (unpaired) electrons. The highest BCUT2D eigenvalue weighted by molar-refractivity contribution is 7.89. The SMILES string of the molecule is CCOc1cc2c(cc1OCC)[C@H](CC(=O)OC)N(S(=O)(=O)c1ccccc1)CC2. The van der Waals surface area contributed by atoms with Crippen molar-refractivity contribution in [3.8, 4) is 11.5 Å². The molecule has 2 aromatic carbocycles. The quantitative estimate of drug-likeness (QED) is 0.594. The molecule has 0 N–H and O–H groups in total. The van der Waals surface area contributed by atoms with E-state index < -0.39 is 22.0 Å². The number of hydrogen-bond acceptors (Lipinski definition) is 6. The molecule has 0 aromatic heterocycles. The van der Waals surface area contributed by atoms with Crippen LogP contribution in [0.5, 0.6) is 11.5 Å². The molecular weight excluding hydrogens is 406 g/mol. The Hall–Kier alpha value is -2.58. The van der Waals surface area contributed by atoms with Crippen molar-refractivity contribution < 1.29 is 27.4 Å². The highest BCUT2D eigenvalue weighted by Crippen LogP contribution is 2.41. The van der Waals surface area contributed by atoms with Crippen LogP contribution in [0.4, 0.5) is 0 Å². The summed E-state index contributed by atoms with van der Waals surface area (Å²) in [6.07, 6.45) is 0.417. The summed E-state index contributed by atoms with van der Waals surface area (Å²) in [5, 5.41) is 0. The van der Waals surface area contributed by atoms with Crippen molar-refractivity contribution in [2.45, 2.75) is 37.6 Å². The number of methoxy groups -OCH3 is 1. The number of rotatable bonds is 8. The normalized spacial score (nSPS) is 16.6. The van der Waals surface area contributed by atoms with E-state index in [1.54, 1.807) is 36.4 Å². The van der Waals surface area contributed by atoms with Gasteiger partial charge in [0.1, 0.15) is 0 Å². The minimum Gasteiger partial charge on any atom is -0.490 e. The largest absolute Gasteiger partial charge is 0.490 e. The lowest BCUT2D eigenvalue weighted by atomic mass is 9.91. The first kappa shape index (κ1) is 22.1. The van der Waals surface area contributed by atoms with Crippen LogP contribution in [0, 0.1) is 0 Å². The zero-order chi connectivity index (χ0) is 21.7. The zero-order valence-corrected chi connectivity index (χ0v) is 18.3. The summed E-state index contributed by atoms with van der Waals surface area (Å²) < 4.78 is 44.4. The molecular formula is C22H27NO6S. The summed E-state index contributed by atoms with van der Waals surface area (Å²) in [6, 6.07) is 11.2. The average molecular weight is 434 g/mol. The maximum absolute atomic E-state index is 13.4. The highest BCUT2D eigenvalue weighted by Gasteiger charge is 2.38. The van der Waals surface area contributed by atoms with Crippen molar-refractivity contribution >= 4 is 16.0 Å². The van der Waals surface area contributed by atoms with Gasteiger partial charge in [-0.05, 0) is 55.7 Å². The summed E-state index contributed by atoms with van der Waals surface area (Å²) in [7, 11) is -2.50. The number of carbonyl (C=O) groups excluding carboxylic acids is 1. The molecule has 7 nitrogen and oxygen atoms in total. The minimum atomic E-state index is -3.80. The fourth-order valence-electron chi connectivity index (χ4n) is 3.69. The van der Waals surface area contributed by atoms with Gasteiger partial charge in [0, 0.05) is 6.54 Å². The van der Waals surface area contributed by atoms with Crippen LogP contribution in [-0.4, -0.2) is 45.6 Å². The molecule has 8 heteroatoms. The average Bonchev–Trinajstić information content (AvgIpc) is 2.75. The van der Waals surface area contributed by atoms with Crippen LogP contribution in [0.3, 0.4) is 0 Å².